The van der Waals surface area contributed by atoms with E-state index in [-0.39, 0.29) is 18.1 Å². The Balaban J connectivity index is 2.44. The van der Waals surface area contributed by atoms with Crippen LogP contribution in [0.5, 0.6) is 0 Å². The number of hydrogen-bond donors (Lipinski definition) is 1. The van der Waals surface area contributed by atoms with Crippen molar-refractivity contribution in [2.45, 2.75) is 24.6 Å². The summed E-state index contributed by atoms with van der Waals surface area (Å²) in [6.45, 7) is -0.111. The summed E-state index contributed by atoms with van der Waals surface area (Å²) in [5.74, 6) is -1.48. The van der Waals surface area contributed by atoms with E-state index < -0.39 is 23.2 Å². The van der Waals surface area contributed by atoms with Gasteiger partial charge in [0.05, 0.1) is 12.2 Å². The van der Waals surface area contributed by atoms with Crippen LogP contribution in [-0.4, -0.2) is 18.8 Å². The highest BCUT2D eigenvalue weighted by molar-refractivity contribution is 5.32. The molecule has 1 aromatic carbocycles. The van der Waals surface area contributed by atoms with Crippen LogP contribution in [0, 0.1) is 11.7 Å². The molecular weight excluding hydrogens is 264 g/mol. The number of rotatable bonds is 4. The van der Waals surface area contributed by atoms with Gasteiger partial charge in [-0.3, -0.25) is 0 Å². The van der Waals surface area contributed by atoms with Crippen LogP contribution in [-0.2, 0) is 16.5 Å². The van der Waals surface area contributed by atoms with Crippen LogP contribution in [0.1, 0.15) is 24.0 Å². The molecule has 1 saturated carbocycles. The Bertz CT molecular complexity index is 468. The summed E-state index contributed by atoms with van der Waals surface area (Å²) >= 11 is 0. The Morgan fingerprint density at radius 2 is 1.95 bits per heavy atom. The zero-order chi connectivity index (χ0) is 14.3. The minimum Gasteiger partial charge on any atom is -0.382 e. The molecule has 1 fully saturated rings. The van der Waals surface area contributed by atoms with Gasteiger partial charge in [-0.25, -0.2) is 4.39 Å². The summed E-state index contributed by atoms with van der Waals surface area (Å²) in [6, 6.07) is 2.59. The van der Waals surface area contributed by atoms with Gasteiger partial charge in [-0.05, 0) is 36.5 Å². The highest BCUT2D eigenvalue weighted by Gasteiger charge is 2.46. The standard InChI is InChI=1S/C13H14F4O2/c1-19-7-12(18,8-2-3-8)9-4-5-11(14)10(6-9)13(15,16)17/h4-6,8,18H,2-3,7H2,1H3. The van der Waals surface area contributed by atoms with Crippen LogP contribution in [0.3, 0.4) is 0 Å². The van der Waals surface area contributed by atoms with Crippen LogP contribution < -0.4 is 0 Å². The molecule has 6 heteroatoms. The van der Waals surface area contributed by atoms with Crippen molar-refractivity contribution in [1.82, 2.24) is 0 Å². The highest BCUT2D eigenvalue weighted by atomic mass is 19.4. The van der Waals surface area contributed by atoms with E-state index in [1.54, 1.807) is 0 Å². The fraction of sp³-hybridized carbons (Fsp3) is 0.538. The quantitative estimate of drug-likeness (QED) is 0.858. The maximum absolute atomic E-state index is 13.2. The number of alkyl halides is 3. The smallest absolute Gasteiger partial charge is 0.382 e. The molecule has 0 heterocycles. The second kappa shape index (κ2) is 4.76. The number of ether oxygens (including phenoxy) is 1. The zero-order valence-corrected chi connectivity index (χ0v) is 10.3. The topological polar surface area (TPSA) is 29.5 Å². The van der Waals surface area contributed by atoms with E-state index in [2.05, 4.69) is 0 Å². The molecule has 0 amide bonds. The lowest BCUT2D eigenvalue weighted by molar-refractivity contribution is -0.140. The Morgan fingerprint density at radius 1 is 1.32 bits per heavy atom. The minimum absolute atomic E-state index is 0.0468. The van der Waals surface area contributed by atoms with Gasteiger partial charge >= 0.3 is 6.18 Å². The predicted molar refractivity (Wildman–Crippen MR) is 59.9 cm³/mol. The van der Waals surface area contributed by atoms with Gasteiger partial charge in [0.15, 0.2) is 0 Å². The first-order valence-corrected chi connectivity index (χ1v) is 5.87. The molecule has 1 atom stereocenters. The lowest BCUT2D eigenvalue weighted by Gasteiger charge is -2.28. The molecule has 1 aliphatic rings. The summed E-state index contributed by atoms with van der Waals surface area (Å²) < 4.78 is 56.1. The number of hydrogen-bond acceptors (Lipinski definition) is 2. The fourth-order valence-corrected chi connectivity index (χ4v) is 2.23. The number of methoxy groups -OCH3 is 1. The molecule has 1 aromatic rings. The molecule has 2 rings (SSSR count). The fourth-order valence-electron chi connectivity index (χ4n) is 2.23. The second-order valence-electron chi connectivity index (χ2n) is 4.82. The largest absolute Gasteiger partial charge is 0.419 e. The first-order valence-electron chi connectivity index (χ1n) is 5.87. The first kappa shape index (κ1) is 14.3. The molecule has 0 aliphatic heterocycles. The summed E-state index contributed by atoms with van der Waals surface area (Å²) in [4.78, 5) is 0. The molecular formula is C13H14F4O2. The average molecular weight is 278 g/mol. The van der Waals surface area contributed by atoms with Crippen molar-refractivity contribution in [3.05, 3.63) is 35.1 Å². The highest BCUT2D eigenvalue weighted by Crippen LogP contribution is 2.47. The number of benzene rings is 1. The van der Waals surface area contributed by atoms with Crippen LogP contribution in [0.4, 0.5) is 17.6 Å². The van der Waals surface area contributed by atoms with E-state index >= 15 is 0 Å². The van der Waals surface area contributed by atoms with Crippen molar-refractivity contribution in [2.24, 2.45) is 5.92 Å². The molecule has 0 spiro atoms. The Morgan fingerprint density at radius 3 is 2.42 bits per heavy atom. The maximum atomic E-state index is 13.2. The van der Waals surface area contributed by atoms with Gasteiger partial charge in [0.2, 0.25) is 0 Å². The minimum atomic E-state index is -4.78. The van der Waals surface area contributed by atoms with E-state index in [1.807, 2.05) is 0 Å². The van der Waals surface area contributed by atoms with Crippen LogP contribution in [0.15, 0.2) is 18.2 Å². The van der Waals surface area contributed by atoms with Crippen molar-refractivity contribution in [3.8, 4) is 0 Å². The van der Waals surface area contributed by atoms with E-state index in [9.17, 15) is 22.7 Å². The van der Waals surface area contributed by atoms with Gasteiger partial charge in [-0.15, -0.1) is 0 Å². The predicted octanol–water partition coefficient (Wildman–Crippen LogP) is 3.09. The summed E-state index contributed by atoms with van der Waals surface area (Å²) in [7, 11) is 1.36. The van der Waals surface area contributed by atoms with Crippen molar-refractivity contribution >= 4 is 0 Å². The molecule has 0 saturated heterocycles. The molecule has 1 N–H and O–H groups in total. The summed E-state index contributed by atoms with van der Waals surface area (Å²) in [5, 5.41) is 10.5. The van der Waals surface area contributed by atoms with Crippen LogP contribution >= 0.6 is 0 Å². The van der Waals surface area contributed by atoms with E-state index in [0.29, 0.717) is 6.07 Å². The van der Waals surface area contributed by atoms with Crippen LogP contribution in [0.25, 0.3) is 0 Å². The zero-order valence-electron chi connectivity index (χ0n) is 10.3. The van der Waals surface area contributed by atoms with Gasteiger partial charge in [-0.1, -0.05) is 6.07 Å². The molecule has 0 bridgehead atoms. The molecule has 0 radical (unpaired) electrons. The Labute approximate surface area is 108 Å². The number of halogens is 4. The van der Waals surface area contributed by atoms with Crippen molar-refractivity contribution in [3.63, 3.8) is 0 Å². The van der Waals surface area contributed by atoms with E-state index in [0.717, 1.165) is 18.9 Å². The molecule has 19 heavy (non-hydrogen) atoms. The summed E-state index contributed by atoms with van der Waals surface area (Å²) in [5.41, 5.74) is -2.80. The second-order valence-corrected chi connectivity index (χ2v) is 4.82. The van der Waals surface area contributed by atoms with Crippen molar-refractivity contribution in [2.75, 3.05) is 13.7 Å². The third-order valence-corrected chi connectivity index (χ3v) is 3.39. The molecule has 0 aromatic heterocycles. The third kappa shape index (κ3) is 2.74. The molecule has 1 aliphatic carbocycles. The van der Waals surface area contributed by atoms with Gasteiger partial charge < -0.3 is 9.84 Å². The third-order valence-electron chi connectivity index (χ3n) is 3.39. The average Bonchev–Trinajstić information content (AvgIpc) is 3.12. The van der Waals surface area contributed by atoms with Gasteiger partial charge in [-0.2, -0.15) is 13.2 Å². The molecule has 1 unspecified atom stereocenters. The molecule has 106 valence electrons. The van der Waals surface area contributed by atoms with Gasteiger partial charge in [0, 0.05) is 7.11 Å². The lowest BCUT2D eigenvalue weighted by Crippen LogP contribution is -2.34. The Hall–Kier alpha value is -1.14. The first-order chi connectivity index (χ1) is 8.79. The Kier molecular flexibility index (Phi) is 3.57. The monoisotopic (exact) mass is 278 g/mol. The van der Waals surface area contributed by atoms with Crippen LogP contribution in [0.2, 0.25) is 0 Å². The van der Waals surface area contributed by atoms with Gasteiger partial charge in [0.25, 0.3) is 0 Å². The normalized spacial score (nSPS) is 19.3. The van der Waals surface area contributed by atoms with Crippen molar-refractivity contribution in [1.29, 1.82) is 0 Å². The number of aliphatic hydroxyl groups is 1. The lowest BCUT2D eigenvalue weighted by atomic mass is 9.88. The van der Waals surface area contributed by atoms with E-state index in [1.165, 1.54) is 13.2 Å². The summed E-state index contributed by atoms with van der Waals surface area (Å²) in [6.07, 6.45) is -3.34. The van der Waals surface area contributed by atoms with Gasteiger partial charge in [0.1, 0.15) is 11.4 Å². The molecule has 2 nitrogen and oxygen atoms in total. The maximum Gasteiger partial charge on any atom is 0.419 e. The van der Waals surface area contributed by atoms with Crippen molar-refractivity contribution < 1.29 is 27.4 Å². The van der Waals surface area contributed by atoms with E-state index in [4.69, 9.17) is 4.74 Å². The SMILES string of the molecule is COCC(O)(c1ccc(F)c(C(F)(F)F)c1)C1CC1.